The molecule has 0 saturated heterocycles. The van der Waals surface area contributed by atoms with E-state index in [9.17, 15) is 29.1 Å². The predicted molar refractivity (Wildman–Crippen MR) is 163 cm³/mol. The van der Waals surface area contributed by atoms with E-state index in [1.54, 1.807) is 19.9 Å². The number of hydrogen-bond acceptors (Lipinski definition) is 10. The molecule has 45 heavy (non-hydrogen) atoms. The molecule has 2 saturated carbocycles. The number of carbonyl (C=O) groups excluding carboxylic acids is 5. The summed E-state index contributed by atoms with van der Waals surface area (Å²) < 4.78 is 23.7. The highest BCUT2D eigenvalue weighted by Crippen LogP contribution is 2.60. The number of carbonyl (C=O) groups is 5. The van der Waals surface area contributed by atoms with Gasteiger partial charge in [-0.25, -0.2) is 4.79 Å². The highest BCUT2D eigenvalue weighted by Gasteiger charge is 2.67. The van der Waals surface area contributed by atoms with Crippen molar-refractivity contribution >= 4 is 35.7 Å². The molecular formula is C35H42O10. The Hall–Kier alpha value is -4.05. The summed E-state index contributed by atoms with van der Waals surface area (Å²) in [7, 11) is 0. The van der Waals surface area contributed by atoms with Gasteiger partial charge in [0, 0.05) is 51.5 Å². The quantitative estimate of drug-likeness (QED) is 0.211. The van der Waals surface area contributed by atoms with Crippen molar-refractivity contribution in [2.75, 3.05) is 0 Å². The van der Waals surface area contributed by atoms with Crippen LogP contribution in [0.15, 0.2) is 59.7 Å². The number of fused-ring (bicyclic) bond motifs is 3. The number of aliphatic hydroxyl groups is 1. The number of ketones is 1. The third-order valence-corrected chi connectivity index (χ3v) is 9.75. The molecular weight excluding hydrogens is 580 g/mol. The molecule has 10 nitrogen and oxygen atoms in total. The summed E-state index contributed by atoms with van der Waals surface area (Å²) in [5, 5.41) is 12.1. The molecule has 2 bridgehead atoms. The van der Waals surface area contributed by atoms with E-state index in [2.05, 4.69) is 6.58 Å². The van der Waals surface area contributed by atoms with E-state index >= 15 is 0 Å². The topological polar surface area (TPSA) is 143 Å². The van der Waals surface area contributed by atoms with Crippen LogP contribution < -0.4 is 0 Å². The van der Waals surface area contributed by atoms with E-state index < -0.39 is 77.1 Å². The fourth-order valence-electron chi connectivity index (χ4n) is 7.74. The van der Waals surface area contributed by atoms with Crippen molar-refractivity contribution in [2.24, 2.45) is 22.7 Å². The van der Waals surface area contributed by atoms with Crippen LogP contribution >= 0.6 is 0 Å². The van der Waals surface area contributed by atoms with Gasteiger partial charge < -0.3 is 24.1 Å². The van der Waals surface area contributed by atoms with Gasteiger partial charge in [0.15, 0.2) is 5.78 Å². The van der Waals surface area contributed by atoms with Crippen LogP contribution in [0, 0.1) is 22.7 Å². The van der Waals surface area contributed by atoms with Crippen molar-refractivity contribution in [3.63, 3.8) is 0 Å². The molecule has 0 amide bonds. The van der Waals surface area contributed by atoms with Gasteiger partial charge in [-0.2, -0.15) is 0 Å². The van der Waals surface area contributed by atoms with Gasteiger partial charge in [-0.15, -0.1) is 0 Å². The van der Waals surface area contributed by atoms with E-state index in [1.807, 2.05) is 44.2 Å². The molecule has 0 aromatic heterocycles. The van der Waals surface area contributed by atoms with Gasteiger partial charge in [-0.05, 0) is 40.7 Å². The fraction of sp³-hybridized carbons (Fsp3) is 0.514. The molecule has 1 aromatic carbocycles. The monoisotopic (exact) mass is 622 g/mol. The lowest BCUT2D eigenvalue weighted by molar-refractivity contribution is -0.224. The lowest BCUT2D eigenvalue weighted by Gasteiger charge is -2.60. The standard InChI is InChI=1S/C35H42O10/c1-18-25(39)16-24-32(43-21(4)37)30-19(2)26(45-28(40)15-14-23-12-10-9-11-13-23)17-27(42-20(3)36)35(30,8)33(44-22(5)38)31(41)29(18)34(24,6)7/h9-15,24,26-27,30-33,41H,2,16-17H2,1,3-8H3. The minimum atomic E-state index is -1.49. The summed E-state index contributed by atoms with van der Waals surface area (Å²) >= 11 is 0. The average molecular weight is 623 g/mol. The molecule has 0 radical (unpaired) electrons. The molecule has 10 heteroatoms. The minimum Gasteiger partial charge on any atom is -0.462 e. The van der Waals surface area contributed by atoms with Crippen molar-refractivity contribution in [3.8, 4) is 0 Å². The normalized spacial score (nSPS) is 32.6. The second kappa shape index (κ2) is 12.7. The first kappa shape index (κ1) is 33.8. The Balaban J connectivity index is 1.92. The summed E-state index contributed by atoms with van der Waals surface area (Å²) in [4.78, 5) is 64.4. The van der Waals surface area contributed by atoms with Crippen LogP contribution in [0.3, 0.4) is 0 Å². The summed E-state index contributed by atoms with van der Waals surface area (Å²) in [6, 6.07) is 9.15. The average Bonchev–Trinajstić information content (AvgIpc) is 2.94. The summed E-state index contributed by atoms with van der Waals surface area (Å²) in [6.45, 7) is 15.0. The largest absolute Gasteiger partial charge is 0.462 e. The molecule has 8 atom stereocenters. The highest BCUT2D eigenvalue weighted by molar-refractivity contribution is 5.97. The minimum absolute atomic E-state index is 0.00636. The first-order valence-corrected chi connectivity index (χ1v) is 15.1. The third kappa shape index (κ3) is 6.38. The Bertz CT molecular complexity index is 1450. The van der Waals surface area contributed by atoms with E-state index in [1.165, 1.54) is 26.8 Å². The lowest BCUT2D eigenvalue weighted by Crippen LogP contribution is -2.67. The zero-order chi connectivity index (χ0) is 33.4. The highest BCUT2D eigenvalue weighted by atomic mass is 16.6. The first-order valence-electron chi connectivity index (χ1n) is 15.1. The number of hydrogen-bond donors (Lipinski definition) is 1. The van der Waals surface area contributed by atoms with Gasteiger partial charge in [-0.3, -0.25) is 19.2 Å². The molecule has 8 unspecified atom stereocenters. The van der Waals surface area contributed by atoms with Gasteiger partial charge in [0.1, 0.15) is 30.5 Å². The molecule has 4 rings (SSSR count). The molecule has 1 N–H and O–H groups in total. The van der Waals surface area contributed by atoms with Crippen LogP contribution in [0.25, 0.3) is 6.08 Å². The molecule has 0 aliphatic heterocycles. The van der Waals surface area contributed by atoms with Gasteiger partial charge in [0.25, 0.3) is 0 Å². The number of aliphatic hydroxyl groups excluding tert-OH is 1. The maximum Gasteiger partial charge on any atom is 0.331 e. The zero-order valence-corrected chi connectivity index (χ0v) is 26.8. The van der Waals surface area contributed by atoms with Gasteiger partial charge in [0.2, 0.25) is 0 Å². The predicted octanol–water partition coefficient (Wildman–Crippen LogP) is 4.30. The second-order valence-electron chi connectivity index (χ2n) is 13.0. The van der Waals surface area contributed by atoms with E-state index in [0.29, 0.717) is 16.7 Å². The number of esters is 4. The Labute approximate surface area is 263 Å². The second-order valence-corrected chi connectivity index (χ2v) is 13.0. The van der Waals surface area contributed by atoms with Crippen LogP contribution in [0.5, 0.6) is 0 Å². The van der Waals surface area contributed by atoms with Crippen LogP contribution in [0.2, 0.25) is 0 Å². The maximum absolute atomic E-state index is 13.4. The van der Waals surface area contributed by atoms with Crippen LogP contribution in [-0.4, -0.2) is 65.3 Å². The van der Waals surface area contributed by atoms with Crippen LogP contribution in [-0.2, 0) is 42.9 Å². The molecule has 1 aromatic rings. The van der Waals surface area contributed by atoms with Gasteiger partial charge in [0.05, 0.1) is 5.41 Å². The third-order valence-electron chi connectivity index (χ3n) is 9.75. The van der Waals surface area contributed by atoms with E-state index in [-0.39, 0.29) is 18.6 Å². The van der Waals surface area contributed by atoms with Crippen LogP contribution in [0.1, 0.15) is 66.9 Å². The van der Waals surface area contributed by atoms with Crippen molar-refractivity contribution in [1.29, 1.82) is 0 Å². The SMILES string of the molecule is C=C1C(OC(=O)C=Cc2ccccc2)CC(OC(C)=O)C2(C)C(OC(C)=O)C(O)C3=C(C)C(=O)CC(C(OC(C)=O)C12)C3(C)C. The molecule has 242 valence electrons. The van der Waals surface area contributed by atoms with Crippen molar-refractivity contribution in [2.45, 2.75) is 91.8 Å². The molecule has 0 spiro atoms. The number of benzene rings is 1. The van der Waals surface area contributed by atoms with E-state index in [4.69, 9.17) is 18.9 Å². The fourth-order valence-corrected chi connectivity index (χ4v) is 7.74. The number of ether oxygens (including phenoxy) is 4. The van der Waals surface area contributed by atoms with Gasteiger partial charge in [-0.1, -0.05) is 57.7 Å². The smallest absolute Gasteiger partial charge is 0.331 e. The lowest BCUT2D eigenvalue weighted by atomic mass is 9.48. The van der Waals surface area contributed by atoms with Crippen molar-refractivity contribution < 1.29 is 48.0 Å². The summed E-state index contributed by atoms with van der Waals surface area (Å²) in [6.07, 6.45) is -3.25. The Morgan fingerprint density at radius 2 is 1.53 bits per heavy atom. The Morgan fingerprint density at radius 3 is 2.11 bits per heavy atom. The zero-order valence-electron chi connectivity index (χ0n) is 26.8. The van der Waals surface area contributed by atoms with Crippen LogP contribution in [0.4, 0.5) is 0 Å². The number of rotatable bonds is 6. The molecule has 2 fully saturated rings. The molecule has 3 aliphatic carbocycles. The molecule has 3 aliphatic rings. The number of Topliss-reactive ketones (excluding diaryl/α,β-unsaturated/α-hetero) is 1. The Morgan fingerprint density at radius 1 is 0.933 bits per heavy atom. The number of allylic oxidation sites excluding steroid dienone is 1. The van der Waals surface area contributed by atoms with Crippen molar-refractivity contribution in [3.05, 3.63) is 65.3 Å². The van der Waals surface area contributed by atoms with E-state index in [0.717, 1.165) is 5.56 Å². The first-order chi connectivity index (χ1) is 21.0. The van der Waals surface area contributed by atoms with Crippen molar-refractivity contribution in [1.82, 2.24) is 0 Å². The summed E-state index contributed by atoms with van der Waals surface area (Å²) in [5.41, 5.74) is -0.581. The molecule has 0 heterocycles. The summed E-state index contributed by atoms with van der Waals surface area (Å²) in [5.74, 6) is -4.60. The Kier molecular flexibility index (Phi) is 9.59. The maximum atomic E-state index is 13.4. The van der Waals surface area contributed by atoms with Gasteiger partial charge >= 0.3 is 23.9 Å².